The van der Waals surface area contributed by atoms with E-state index in [4.69, 9.17) is 4.74 Å². The van der Waals surface area contributed by atoms with Crippen molar-refractivity contribution in [3.63, 3.8) is 0 Å². The molecule has 8 heteroatoms. The number of carbonyl (C=O) groups excluding carboxylic acids is 3. The SMILES string of the molecule is CCCCNC(=O)C(c1cccc(C)c1C)N(C)C(=O)C(Cc1ccc(O)cc1)NC(=O)OC(C)(C)C. The fraction of sp³-hybridized carbons (Fsp3) is 0.483. The molecule has 2 aromatic carbocycles. The second kappa shape index (κ2) is 13.1. The third-order valence-corrected chi connectivity index (χ3v) is 6.12. The highest BCUT2D eigenvalue weighted by atomic mass is 16.6. The molecular weight excluding hydrogens is 470 g/mol. The van der Waals surface area contributed by atoms with Crippen LogP contribution in [0.4, 0.5) is 4.79 Å². The zero-order valence-corrected chi connectivity index (χ0v) is 23.1. The van der Waals surface area contributed by atoms with Gasteiger partial charge in [-0.2, -0.15) is 0 Å². The molecule has 0 aliphatic carbocycles. The van der Waals surface area contributed by atoms with Crippen LogP contribution in [0.25, 0.3) is 0 Å². The number of alkyl carbamates (subject to hydrolysis) is 1. The number of benzene rings is 2. The van der Waals surface area contributed by atoms with Crippen LogP contribution in [0.2, 0.25) is 0 Å². The number of nitrogens with zero attached hydrogens (tertiary/aromatic N) is 1. The van der Waals surface area contributed by atoms with Crippen LogP contribution >= 0.6 is 0 Å². The predicted molar refractivity (Wildman–Crippen MR) is 144 cm³/mol. The lowest BCUT2D eigenvalue weighted by Crippen LogP contribution is -2.52. The number of aryl methyl sites for hydroxylation is 1. The Morgan fingerprint density at radius 2 is 1.70 bits per heavy atom. The van der Waals surface area contributed by atoms with E-state index in [0.717, 1.165) is 35.1 Å². The van der Waals surface area contributed by atoms with E-state index in [0.29, 0.717) is 6.54 Å². The maximum Gasteiger partial charge on any atom is 0.408 e. The number of unbranched alkanes of at least 4 members (excludes halogenated alkanes) is 1. The number of ether oxygens (including phenoxy) is 1. The highest BCUT2D eigenvalue weighted by molar-refractivity contribution is 5.92. The summed E-state index contributed by atoms with van der Waals surface area (Å²) >= 11 is 0. The zero-order chi connectivity index (χ0) is 27.8. The second-order valence-electron chi connectivity index (χ2n) is 10.4. The minimum Gasteiger partial charge on any atom is -0.508 e. The van der Waals surface area contributed by atoms with Crippen LogP contribution in [0, 0.1) is 13.8 Å². The molecule has 0 heterocycles. The molecule has 0 aromatic heterocycles. The van der Waals surface area contributed by atoms with Crippen LogP contribution in [-0.2, 0) is 20.7 Å². The van der Waals surface area contributed by atoms with Crippen molar-refractivity contribution in [2.24, 2.45) is 0 Å². The van der Waals surface area contributed by atoms with Gasteiger partial charge in [0.25, 0.3) is 0 Å². The molecule has 0 saturated heterocycles. The van der Waals surface area contributed by atoms with Gasteiger partial charge in [-0.05, 0) is 75.4 Å². The van der Waals surface area contributed by atoms with E-state index in [1.54, 1.807) is 40.0 Å². The standard InChI is InChI=1S/C29H41N3O5/c1-8-9-17-30-26(34)25(23-12-10-11-19(2)20(23)3)32(7)27(35)24(31-28(36)37-29(4,5)6)18-21-13-15-22(33)16-14-21/h10-16,24-25,33H,8-9,17-18H2,1-7H3,(H,30,34)(H,31,36). The Morgan fingerprint density at radius 1 is 1.05 bits per heavy atom. The minimum atomic E-state index is -1.000. The number of phenols is 1. The Bertz CT molecular complexity index is 1080. The number of phenolic OH excluding ortho intramolecular Hbond substituents is 1. The number of aromatic hydroxyl groups is 1. The van der Waals surface area contributed by atoms with Gasteiger partial charge in [0.2, 0.25) is 11.8 Å². The molecule has 0 aliphatic heterocycles. The summed E-state index contributed by atoms with van der Waals surface area (Å²) in [6, 6.07) is 10.2. The van der Waals surface area contributed by atoms with Gasteiger partial charge >= 0.3 is 6.09 Å². The van der Waals surface area contributed by atoms with Crippen LogP contribution in [0.5, 0.6) is 5.75 Å². The first-order chi connectivity index (χ1) is 17.3. The first-order valence-electron chi connectivity index (χ1n) is 12.7. The van der Waals surface area contributed by atoms with Gasteiger partial charge in [0, 0.05) is 20.0 Å². The molecule has 0 saturated carbocycles. The second-order valence-corrected chi connectivity index (χ2v) is 10.4. The minimum absolute atomic E-state index is 0.0996. The van der Waals surface area contributed by atoms with Crippen LogP contribution in [0.3, 0.4) is 0 Å². The van der Waals surface area contributed by atoms with Crippen molar-refractivity contribution >= 4 is 17.9 Å². The Kier molecular flexibility index (Phi) is 10.5. The number of nitrogens with one attached hydrogen (secondary N) is 2. The highest BCUT2D eigenvalue weighted by Crippen LogP contribution is 2.26. The number of likely N-dealkylation sites (N-methyl/N-ethyl adjacent to an activating group) is 1. The third-order valence-electron chi connectivity index (χ3n) is 6.12. The van der Waals surface area contributed by atoms with Crippen LogP contribution in [0.15, 0.2) is 42.5 Å². The lowest BCUT2D eigenvalue weighted by molar-refractivity contribution is -0.140. The maximum absolute atomic E-state index is 13.9. The van der Waals surface area contributed by atoms with Crippen molar-refractivity contribution in [1.82, 2.24) is 15.5 Å². The molecule has 0 radical (unpaired) electrons. The van der Waals surface area contributed by atoms with E-state index in [1.807, 2.05) is 39.0 Å². The summed E-state index contributed by atoms with van der Waals surface area (Å²) in [4.78, 5) is 41.4. The number of carbonyl (C=O) groups is 3. The van der Waals surface area contributed by atoms with Crippen molar-refractivity contribution in [3.05, 3.63) is 64.7 Å². The summed E-state index contributed by atoms with van der Waals surface area (Å²) in [6.07, 6.45) is 1.18. The van der Waals surface area contributed by atoms with Gasteiger partial charge in [0.1, 0.15) is 23.4 Å². The van der Waals surface area contributed by atoms with Gasteiger partial charge < -0.3 is 25.4 Å². The summed E-state index contributed by atoms with van der Waals surface area (Å²) in [5, 5.41) is 15.3. The van der Waals surface area contributed by atoms with E-state index < -0.39 is 29.7 Å². The fourth-order valence-electron chi connectivity index (χ4n) is 3.97. The van der Waals surface area contributed by atoms with Gasteiger partial charge in [0.05, 0.1) is 0 Å². The van der Waals surface area contributed by atoms with E-state index in [-0.39, 0.29) is 18.1 Å². The van der Waals surface area contributed by atoms with Crippen molar-refractivity contribution in [3.8, 4) is 5.75 Å². The average Bonchev–Trinajstić information content (AvgIpc) is 2.81. The van der Waals surface area contributed by atoms with Gasteiger partial charge in [0.15, 0.2) is 0 Å². The molecule has 2 atom stereocenters. The Hall–Kier alpha value is -3.55. The molecule has 2 unspecified atom stereocenters. The molecule has 3 amide bonds. The summed E-state index contributed by atoms with van der Waals surface area (Å²) < 4.78 is 5.41. The number of rotatable bonds is 10. The van der Waals surface area contributed by atoms with Gasteiger partial charge in [-0.3, -0.25) is 9.59 Å². The summed E-state index contributed by atoms with van der Waals surface area (Å²) in [7, 11) is 1.58. The first-order valence-corrected chi connectivity index (χ1v) is 12.7. The van der Waals surface area contributed by atoms with Crippen LogP contribution < -0.4 is 10.6 Å². The summed E-state index contributed by atoms with van der Waals surface area (Å²) in [5.41, 5.74) is 2.65. The molecule has 2 rings (SSSR count). The van der Waals surface area contributed by atoms with Crippen LogP contribution in [0.1, 0.15) is 68.8 Å². The van der Waals surface area contributed by atoms with E-state index in [9.17, 15) is 19.5 Å². The van der Waals surface area contributed by atoms with Gasteiger partial charge in [-0.1, -0.05) is 43.7 Å². The Morgan fingerprint density at radius 3 is 2.30 bits per heavy atom. The molecular formula is C29H41N3O5. The molecule has 8 nitrogen and oxygen atoms in total. The van der Waals surface area contributed by atoms with Crippen molar-refractivity contribution in [2.75, 3.05) is 13.6 Å². The van der Waals surface area contributed by atoms with E-state index in [1.165, 1.54) is 17.0 Å². The molecule has 0 bridgehead atoms. The number of hydrogen-bond donors (Lipinski definition) is 3. The normalized spacial score (nSPS) is 12.8. The molecule has 2 aromatic rings. The molecule has 0 fully saturated rings. The topological polar surface area (TPSA) is 108 Å². The fourth-order valence-corrected chi connectivity index (χ4v) is 3.97. The van der Waals surface area contributed by atoms with Gasteiger partial charge in [-0.15, -0.1) is 0 Å². The average molecular weight is 512 g/mol. The summed E-state index contributed by atoms with van der Waals surface area (Å²) in [5.74, 6) is -0.614. The number of amides is 3. The molecule has 0 spiro atoms. The van der Waals surface area contributed by atoms with Gasteiger partial charge in [-0.25, -0.2) is 4.79 Å². The van der Waals surface area contributed by atoms with Crippen molar-refractivity contribution in [1.29, 1.82) is 0 Å². The smallest absolute Gasteiger partial charge is 0.408 e. The summed E-state index contributed by atoms with van der Waals surface area (Å²) in [6.45, 7) is 11.7. The predicted octanol–water partition coefficient (Wildman–Crippen LogP) is 4.56. The quantitative estimate of drug-likeness (QED) is 0.405. The monoisotopic (exact) mass is 511 g/mol. The molecule has 3 N–H and O–H groups in total. The van der Waals surface area contributed by atoms with E-state index in [2.05, 4.69) is 10.6 Å². The van der Waals surface area contributed by atoms with Crippen LogP contribution in [-0.4, -0.2) is 53.1 Å². The molecule has 202 valence electrons. The van der Waals surface area contributed by atoms with E-state index >= 15 is 0 Å². The maximum atomic E-state index is 13.9. The molecule has 37 heavy (non-hydrogen) atoms. The van der Waals surface area contributed by atoms with Crippen molar-refractivity contribution in [2.45, 2.75) is 78.5 Å². The largest absolute Gasteiger partial charge is 0.508 e. The third kappa shape index (κ3) is 8.81. The number of hydrogen-bond acceptors (Lipinski definition) is 5. The Labute approximate surface area is 220 Å². The lowest BCUT2D eigenvalue weighted by atomic mass is 9.95. The highest BCUT2D eigenvalue weighted by Gasteiger charge is 2.35. The lowest BCUT2D eigenvalue weighted by Gasteiger charge is -2.32. The zero-order valence-electron chi connectivity index (χ0n) is 23.1. The van der Waals surface area contributed by atoms with Crippen molar-refractivity contribution < 1.29 is 24.2 Å². The first kappa shape index (κ1) is 29.7. The molecule has 0 aliphatic rings. The Balaban J connectivity index is 2.43.